The molecule has 4 aromatic rings. The minimum Gasteiger partial charge on any atom is -0.494 e. The molecule has 0 spiro atoms. The van der Waals surface area contributed by atoms with Crippen LogP contribution in [-0.2, 0) is 6.54 Å². The highest BCUT2D eigenvalue weighted by Crippen LogP contribution is 2.27. The van der Waals surface area contributed by atoms with Gasteiger partial charge in [-0.1, -0.05) is 11.6 Å². The van der Waals surface area contributed by atoms with Crippen LogP contribution >= 0.6 is 11.6 Å². The highest BCUT2D eigenvalue weighted by molar-refractivity contribution is 6.29. The van der Waals surface area contributed by atoms with Gasteiger partial charge in [0.15, 0.2) is 0 Å². The molecule has 8 heteroatoms. The van der Waals surface area contributed by atoms with Crippen molar-refractivity contribution < 1.29 is 4.74 Å². The lowest BCUT2D eigenvalue weighted by Gasteiger charge is -2.11. The minimum atomic E-state index is 0.460. The number of pyridine rings is 2. The summed E-state index contributed by atoms with van der Waals surface area (Å²) in [7, 11) is 0. The van der Waals surface area contributed by atoms with Crippen molar-refractivity contribution >= 4 is 33.9 Å². The number of nitrogens with zero attached hydrogens (tertiary/aromatic N) is 5. The van der Waals surface area contributed by atoms with Crippen molar-refractivity contribution in [1.29, 1.82) is 0 Å². The van der Waals surface area contributed by atoms with Crippen molar-refractivity contribution in [2.75, 3.05) is 11.9 Å². The van der Waals surface area contributed by atoms with Gasteiger partial charge in [0.1, 0.15) is 29.4 Å². The maximum atomic E-state index is 5.92. The second-order valence-electron chi connectivity index (χ2n) is 6.60. The van der Waals surface area contributed by atoms with Crippen LogP contribution < -0.4 is 10.1 Å². The van der Waals surface area contributed by atoms with E-state index in [1.54, 1.807) is 31.1 Å². The number of fused-ring (bicyclic) bond motifs is 1. The maximum absolute atomic E-state index is 5.92. The zero-order valence-corrected chi connectivity index (χ0v) is 16.6. The van der Waals surface area contributed by atoms with Crippen LogP contribution in [0.5, 0.6) is 5.75 Å². The minimum absolute atomic E-state index is 0.460. The van der Waals surface area contributed by atoms with Crippen LogP contribution in [0.2, 0.25) is 5.15 Å². The van der Waals surface area contributed by atoms with E-state index in [0.717, 1.165) is 53.8 Å². The standard InChI is InChI=1S/C21H21ClN6O/c22-20-7-4-17(13-25-20)27-21-19-6-5-18(12-16(19)8-9-24-21)29-11-3-1-2-10-28-15-23-14-26-28/h4-9,12-15H,1-3,10-11H2,(H,24,27). The third-order valence-corrected chi connectivity index (χ3v) is 4.72. The fourth-order valence-electron chi connectivity index (χ4n) is 3.02. The Labute approximate surface area is 173 Å². The lowest BCUT2D eigenvalue weighted by molar-refractivity contribution is 0.303. The van der Waals surface area contributed by atoms with Gasteiger partial charge in [-0.05, 0) is 61.0 Å². The van der Waals surface area contributed by atoms with Crippen molar-refractivity contribution in [2.45, 2.75) is 25.8 Å². The van der Waals surface area contributed by atoms with Crippen LogP contribution in [0, 0.1) is 0 Å². The molecule has 3 aromatic heterocycles. The molecule has 0 aliphatic carbocycles. The van der Waals surface area contributed by atoms with Crippen molar-refractivity contribution in [1.82, 2.24) is 24.7 Å². The molecule has 3 heterocycles. The van der Waals surface area contributed by atoms with E-state index in [1.165, 1.54) is 0 Å². The maximum Gasteiger partial charge on any atom is 0.138 e. The third kappa shape index (κ3) is 5.20. The molecule has 29 heavy (non-hydrogen) atoms. The van der Waals surface area contributed by atoms with Gasteiger partial charge < -0.3 is 10.1 Å². The fourth-order valence-corrected chi connectivity index (χ4v) is 3.13. The van der Waals surface area contributed by atoms with E-state index >= 15 is 0 Å². The van der Waals surface area contributed by atoms with Gasteiger partial charge in [0.05, 0.1) is 18.5 Å². The SMILES string of the molecule is Clc1ccc(Nc2nccc3cc(OCCCCCn4cncn4)ccc23)cn1. The fraction of sp³-hybridized carbons (Fsp3) is 0.238. The van der Waals surface area contributed by atoms with Gasteiger partial charge in [0.25, 0.3) is 0 Å². The molecule has 148 valence electrons. The zero-order valence-electron chi connectivity index (χ0n) is 15.8. The molecule has 0 amide bonds. The number of halogens is 1. The van der Waals surface area contributed by atoms with Crippen molar-refractivity contribution in [2.24, 2.45) is 0 Å². The summed E-state index contributed by atoms with van der Waals surface area (Å²) in [5, 5.41) is 9.93. The molecular formula is C21H21ClN6O. The second kappa shape index (κ2) is 9.34. The first-order valence-corrected chi connectivity index (χ1v) is 9.88. The van der Waals surface area contributed by atoms with Crippen molar-refractivity contribution in [3.05, 3.63) is 66.6 Å². The van der Waals surface area contributed by atoms with Crippen LogP contribution in [0.4, 0.5) is 11.5 Å². The largest absolute Gasteiger partial charge is 0.494 e. The monoisotopic (exact) mass is 408 g/mol. The highest BCUT2D eigenvalue weighted by atomic mass is 35.5. The van der Waals surface area contributed by atoms with Crippen LogP contribution in [0.3, 0.4) is 0 Å². The second-order valence-corrected chi connectivity index (χ2v) is 6.99. The van der Waals surface area contributed by atoms with Crippen molar-refractivity contribution in [3.63, 3.8) is 0 Å². The lowest BCUT2D eigenvalue weighted by Crippen LogP contribution is -2.01. The van der Waals surface area contributed by atoms with Gasteiger partial charge in [-0.25, -0.2) is 15.0 Å². The Morgan fingerprint density at radius 3 is 2.83 bits per heavy atom. The summed E-state index contributed by atoms with van der Waals surface area (Å²) in [5.74, 6) is 1.63. The third-order valence-electron chi connectivity index (χ3n) is 4.49. The number of benzene rings is 1. The van der Waals surface area contributed by atoms with E-state index in [9.17, 15) is 0 Å². The van der Waals surface area contributed by atoms with E-state index in [1.807, 2.05) is 35.0 Å². The van der Waals surface area contributed by atoms with Crippen LogP contribution in [-0.4, -0.2) is 31.3 Å². The quantitative estimate of drug-likeness (QED) is 0.314. The summed E-state index contributed by atoms with van der Waals surface area (Å²) in [4.78, 5) is 12.5. The summed E-state index contributed by atoms with van der Waals surface area (Å²) < 4.78 is 7.77. The van der Waals surface area contributed by atoms with Gasteiger partial charge in [-0.2, -0.15) is 5.10 Å². The van der Waals surface area contributed by atoms with Gasteiger partial charge in [-0.3, -0.25) is 4.68 Å². The molecule has 0 aliphatic rings. The summed E-state index contributed by atoms with van der Waals surface area (Å²) in [6, 6.07) is 11.6. The number of rotatable bonds is 9. The topological polar surface area (TPSA) is 77.8 Å². The molecule has 1 aromatic carbocycles. The average molecular weight is 409 g/mol. The molecular weight excluding hydrogens is 388 g/mol. The summed E-state index contributed by atoms with van der Waals surface area (Å²) in [5.41, 5.74) is 0.834. The molecule has 0 atom stereocenters. The number of nitrogens with one attached hydrogen (secondary N) is 1. The van der Waals surface area contributed by atoms with Gasteiger partial charge in [-0.15, -0.1) is 0 Å². The molecule has 0 radical (unpaired) electrons. The summed E-state index contributed by atoms with van der Waals surface area (Å²) in [6.07, 6.45) is 9.91. The van der Waals surface area contributed by atoms with Gasteiger partial charge >= 0.3 is 0 Å². The predicted octanol–water partition coefficient (Wildman–Crippen LogP) is 4.87. The number of hydrogen-bond acceptors (Lipinski definition) is 6. The van der Waals surface area contributed by atoms with E-state index in [4.69, 9.17) is 16.3 Å². The number of aryl methyl sites for hydroxylation is 1. The molecule has 0 aliphatic heterocycles. The highest BCUT2D eigenvalue weighted by Gasteiger charge is 2.05. The van der Waals surface area contributed by atoms with Crippen LogP contribution in [0.15, 0.2) is 61.4 Å². The molecule has 4 rings (SSSR count). The predicted molar refractivity (Wildman–Crippen MR) is 114 cm³/mol. The van der Waals surface area contributed by atoms with E-state index in [0.29, 0.717) is 11.8 Å². The zero-order chi connectivity index (χ0) is 19.9. The summed E-state index contributed by atoms with van der Waals surface area (Å²) >= 11 is 5.85. The van der Waals surface area contributed by atoms with Crippen LogP contribution in [0.25, 0.3) is 10.8 Å². The molecule has 0 bridgehead atoms. The number of unbranched alkanes of at least 4 members (excludes halogenated alkanes) is 2. The van der Waals surface area contributed by atoms with E-state index in [-0.39, 0.29) is 0 Å². The van der Waals surface area contributed by atoms with Crippen LogP contribution in [0.1, 0.15) is 19.3 Å². The first-order chi connectivity index (χ1) is 14.3. The number of anilines is 2. The number of aromatic nitrogens is 5. The summed E-state index contributed by atoms with van der Waals surface area (Å²) in [6.45, 7) is 1.58. The smallest absolute Gasteiger partial charge is 0.138 e. The average Bonchev–Trinajstić information content (AvgIpc) is 3.26. The van der Waals surface area contributed by atoms with E-state index in [2.05, 4.69) is 25.4 Å². The van der Waals surface area contributed by atoms with Gasteiger partial charge in [0.2, 0.25) is 0 Å². The Hall–Kier alpha value is -3.19. The Morgan fingerprint density at radius 1 is 1.03 bits per heavy atom. The number of hydrogen-bond donors (Lipinski definition) is 1. The van der Waals surface area contributed by atoms with E-state index < -0.39 is 0 Å². The molecule has 0 unspecified atom stereocenters. The lowest BCUT2D eigenvalue weighted by atomic mass is 10.1. The van der Waals surface area contributed by atoms with Crippen molar-refractivity contribution in [3.8, 4) is 5.75 Å². The Balaban J connectivity index is 1.32. The molecule has 0 saturated carbocycles. The molecule has 0 saturated heterocycles. The molecule has 0 fully saturated rings. The first kappa shape index (κ1) is 19.1. The first-order valence-electron chi connectivity index (χ1n) is 9.50. The Kier molecular flexibility index (Phi) is 6.16. The Morgan fingerprint density at radius 2 is 2.00 bits per heavy atom. The molecule has 1 N–H and O–H groups in total. The van der Waals surface area contributed by atoms with Gasteiger partial charge in [0, 0.05) is 18.1 Å². The number of ether oxygens (including phenoxy) is 1. The normalized spacial score (nSPS) is 10.9. The molecule has 7 nitrogen and oxygen atoms in total. The Bertz CT molecular complexity index is 1050.